The van der Waals surface area contributed by atoms with Crippen molar-refractivity contribution >= 4 is 19.7 Å². The first-order valence-electron chi connectivity index (χ1n) is 4.27. The average molecular weight is 225 g/mol. The topological polar surface area (TPSA) is 43.4 Å². The van der Waals surface area contributed by atoms with Gasteiger partial charge >= 0.3 is 0 Å². The highest BCUT2D eigenvalue weighted by molar-refractivity contribution is 8.16. The Hall–Kier alpha value is -0.0600. The third-order valence-corrected chi connectivity index (χ3v) is 2.90. The lowest BCUT2D eigenvalue weighted by Gasteiger charge is -2.20. The Morgan fingerprint density at radius 2 is 2.00 bits per heavy atom. The SMILES string of the molecule is O=S(=O)(Cl)/C=C\CC1CCOCC1. The van der Waals surface area contributed by atoms with Gasteiger partial charge in [0.2, 0.25) is 0 Å². The summed E-state index contributed by atoms with van der Waals surface area (Å²) in [6.07, 6.45) is 4.41. The molecule has 1 aliphatic rings. The highest BCUT2D eigenvalue weighted by Crippen LogP contribution is 2.19. The highest BCUT2D eigenvalue weighted by Gasteiger charge is 2.11. The van der Waals surface area contributed by atoms with E-state index in [1.807, 2.05) is 0 Å². The maximum absolute atomic E-state index is 10.5. The van der Waals surface area contributed by atoms with Gasteiger partial charge in [-0.3, -0.25) is 0 Å². The molecule has 1 saturated heterocycles. The van der Waals surface area contributed by atoms with Crippen molar-refractivity contribution in [2.24, 2.45) is 5.92 Å². The zero-order chi connectivity index (χ0) is 9.73. The molecular formula is C8H13ClO3S. The molecule has 0 aliphatic carbocycles. The Morgan fingerprint density at radius 1 is 1.38 bits per heavy atom. The summed E-state index contributed by atoms with van der Waals surface area (Å²) in [7, 11) is 1.55. The van der Waals surface area contributed by atoms with Crippen molar-refractivity contribution in [1.29, 1.82) is 0 Å². The molecule has 0 unspecified atom stereocenters. The number of rotatable bonds is 3. The van der Waals surface area contributed by atoms with Crippen molar-refractivity contribution < 1.29 is 13.2 Å². The molecular weight excluding hydrogens is 212 g/mol. The Balaban J connectivity index is 2.29. The Bertz CT molecular complexity index is 265. The second kappa shape index (κ2) is 4.98. The summed E-state index contributed by atoms with van der Waals surface area (Å²) in [5, 5.41) is 1.06. The van der Waals surface area contributed by atoms with Crippen LogP contribution in [0.25, 0.3) is 0 Å². The Morgan fingerprint density at radius 3 is 2.54 bits per heavy atom. The van der Waals surface area contributed by atoms with Crippen LogP contribution in [0, 0.1) is 5.92 Å². The van der Waals surface area contributed by atoms with Gasteiger partial charge in [0.05, 0.1) is 0 Å². The monoisotopic (exact) mass is 224 g/mol. The number of ether oxygens (including phenoxy) is 1. The van der Waals surface area contributed by atoms with Crippen LogP contribution in [0.2, 0.25) is 0 Å². The van der Waals surface area contributed by atoms with Crippen LogP contribution >= 0.6 is 10.7 Å². The molecule has 0 atom stereocenters. The van der Waals surface area contributed by atoms with E-state index < -0.39 is 9.05 Å². The van der Waals surface area contributed by atoms with Gasteiger partial charge in [0.25, 0.3) is 9.05 Å². The van der Waals surface area contributed by atoms with Crippen molar-refractivity contribution in [3.8, 4) is 0 Å². The molecule has 5 heteroatoms. The summed E-state index contributed by atoms with van der Waals surface area (Å²) in [4.78, 5) is 0. The maximum atomic E-state index is 10.5. The largest absolute Gasteiger partial charge is 0.381 e. The molecule has 1 heterocycles. The van der Waals surface area contributed by atoms with Crippen molar-refractivity contribution in [3.63, 3.8) is 0 Å². The van der Waals surface area contributed by atoms with E-state index in [1.54, 1.807) is 6.08 Å². The minimum absolute atomic E-state index is 0.545. The summed E-state index contributed by atoms with van der Waals surface area (Å²) < 4.78 is 26.2. The van der Waals surface area contributed by atoms with Crippen LogP contribution in [0.4, 0.5) is 0 Å². The fourth-order valence-electron chi connectivity index (χ4n) is 1.35. The first-order chi connectivity index (χ1) is 6.08. The fourth-order valence-corrected chi connectivity index (χ4v) is 1.90. The minimum Gasteiger partial charge on any atom is -0.381 e. The minimum atomic E-state index is -3.46. The van der Waals surface area contributed by atoms with Crippen LogP contribution in [0.5, 0.6) is 0 Å². The van der Waals surface area contributed by atoms with Crippen molar-refractivity contribution in [2.75, 3.05) is 13.2 Å². The lowest BCUT2D eigenvalue weighted by atomic mass is 9.97. The molecule has 0 spiro atoms. The summed E-state index contributed by atoms with van der Waals surface area (Å²) in [6, 6.07) is 0. The van der Waals surface area contributed by atoms with Gasteiger partial charge < -0.3 is 4.74 Å². The molecule has 0 bridgehead atoms. The molecule has 1 rings (SSSR count). The van der Waals surface area contributed by atoms with Gasteiger partial charge in [0.15, 0.2) is 0 Å². The third kappa shape index (κ3) is 5.29. The molecule has 76 valence electrons. The van der Waals surface area contributed by atoms with E-state index in [-0.39, 0.29) is 0 Å². The third-order valence-electron chi connectivity index (χ3n) is 2.07. The van der Waals surface area contributed by atoms with Gasteiger partial charge in [-0.1, -0.05) is 6.08 Å². The van der Waals surface area contributed by atoms with Crippen molar-refractivity contribution in [1.82, 2.24) is 0 Å². The predicted octanol–water partition coefficient (Wildman–Crippen LogP) is 1.89. The Kier molecular flexibility index (Phi) is 4.22. The van der Waals surface area contributed by atoms with E-state index in [1.165, 1.54) is 0 Å². The number of allylic oxidation sites excluding steroid dienone is 1. The van der Waals surface area contributed by atoms with Crippen molar-refractivity contribution in [2.45, 2.75) is 19.3 Å². The zero-order valence-electron chi connectivity index (χ0n) is 7.28. The summed E-state index contributed by atoms with van der Waals surface area (Å²) in [6.45, 7) is 1.57. The second-order valence-corrected chi connectivity index (χ2v) is 5.65. The number of halogens is 1. The van der Waals surface area contributed by atoms with E-state index >= 15 is 0 Å². The van der Waals surface area contributed by atoms with Gasteiger partial charge in [-0.15, -0.1) is 0 Å². The molecule has 0 N–H and O–H groups in total. The van der Waals surface area contributed by atoms with E-state index in [9.17, 15) is 8.42 Å². The molecule has 1 aliphatic heterocycles. The molecule has 0 amide bonds. The average Bonchev–Trinajstić information content (AvgIpc) is 2.04. The first kappa shape index (κ1) is 11.0. The molecule has 0 aromatic rings. The molecule has 0 saturated carbocycles. The van der Waals surface area contributed by atoms with Crippen molar-refractivity contribution in [3.05, 3.63) is 11.5 Å². The summed E-state index contributed by atoms with van der Waals surface area (Å²) in [5.41, 5.74) is 0. The van der Waals surface area contributed by atoms with Crippen LogP contribution in [0.1, 0.15) is 19.3 Å². The van der Waals surface area contributed by atoms with E-state index in [0.29, 0.717) is 5.92 Å². The number of hydrogen-bond donors (Lipinski definition) is 0. The second-order valence-electron chi connectivity index (χ2n) is 3.14. The predicted molar refractivity (Wildman–Crippen MR) is 52.1 cm³/mol. The molecule has 3 nitrogen and oxygen atoms in total. The quantitative estimate of drug-likeness (QED) is 0.688. The van der Waals surface area contributed by atoms with Gasteiger partial charge in [-0.05, 0) is 25.2 Å². The lowest BCUT2D eigenvalue weighted by molar-refractivity contribution is 0.0673. The molecule has 1 fully saturated rings. The van der Waals surface area contributed by atoms with Crippen LogP contribution < -0.4 is 0 Å². The van der Waals surface area contributed by atoms with E-state index in [2.05, 4.69) is 0 Å². The van der Waals surface area contributed by atoms with Gasteiger partial charge in [-0.25, -0.2) is 8.42 Å². The Labute approximate surface area is 83.1 Å². The lowest BCUT2D eigenvalue weighted by Crippen LogP contribution is -2.14. The molecule has 0 aromatic carbocycles. The smallest absolute Gasteiger partial charge is 0.254 e. The van der Waals surface area contributed by atoms with Crippen LogP contribution in [-0.4, -0.2) is 21.6 Å². The summed E-state index contributed by atoms with van der Waals surface area (Å²) >= 11 is 0. The normalized spacial score (nSPS) is 21.0. The summed E-state index contributed by atoms with van der Waals surface area (Å²) in [5.74, 6) is 0.545. The zero-order valence-corrected chi connectivity index (χ0v) is 8.85. The van der Waals surface area contributed by atoms with E-state index in [0.717, 1.165) is 37.9 Å². The van der Waals surface area contributed by atoms with Crippen LogP contribution in [0.3, 0.4) is 0 Å². The molecule has 13 heavy (non-hydrogen) atoms. The standard InChI is InChI=1S/C8H13ClO3S/c9-13(10,11)7-1-2-8-3-5-12-6-4-8/h1,7-8H,2-6H2/b7-1-. The number of hydrogen-bond acceptors (Lipinski definition) is 3. The van der Waals surface area contributed by atoms with E-state index in [4.69, 9.17) is 15.4 Å². The fraction of sp³-hybridized carbons (Fsp3) is 0.750. The molecule has 0 radical (unpaired) electrons. The van der Waals surface area contributed by atoms with Crippen LogP contribution in [0.15, 0.2) is 11.5 Å². The van der Waals surface area contributed by atoms with Gasteiger partial charge in [-0.2, -0.15) is 0 Å². The van der Waals surface area contributed by atoms with Gasteiger partial charge in [0, 0.05) is 29.3 Å². The first-order valence-corrected chi connectivity index (χ1v) is 6.64. The molecule has 0 aromatic heterocycles. The van der Waals surface area contributed by atoms with Crippen LogP contribution in [-0.2, 0) is 13.8 Å². The maximum Gasteiger partial charge on any atom is 0.254 e. The highest BCUT2D eigenvalue weighted by atomic mass is 35.7. The van der Waals surface area contributed by atoms with Gasteiger partial charge in [0.1, 0.15) is 0 Å².